The number of rotatable bonds is 7. The summed E-state index contributed by atoms with van der Waals surface area (Å²) in [4.78, 5) is 1.94. The molecule has 0 saturated heterocycles. The zero-order valence-electron chi connectivity index (χ0n) is 14.2. The van der Waals surface area contributed by atoms with E-state index in [1.165, 1.54) is 0 Å². The fraction of sp³-hybridized carbons (Fsp3) is 0.333. The molecule has 0 amide bonds. The first-order valence-electron chi connectivity index (χ1n) is 7.45. The van der Waals surface area contributed by atoms with Gasteiger partial charge in [-0.05, 0) is 11.6 Å². The highest BCUT2D eigenvalue weighted by atomic mass is 79.9. The van der Waals surface area contributed by atoms with E-state index in [-0.39, 0.29) is 0 Å². The lowest BCUT2D eigenvalue weighted by Crippen LogP contribution is -2.24. The van der Waals surface area contributed by atoms with E-state index in [1.54, 1.807) is 21.3 Å². The third kappa shape index (κ3) is 3.94. The normalized spacial score (nSPS) is 11.8. The summed E-state index contributed by atoms with van der Waals surface area (Å²) in [5, 5.41) is 10.5. The number of anilines is 1. The highest BCUT2D eigenvalue weighted by molar-refractivity contribution is 9.10. The molecule has 2 rings (SSSR count). The molecule has 2 aromatic carbocycles. The Balaban J connectivity index is 2.26. The fourth-order valence-corrected chi connectivity index (χ4v) is 3.05. The second kappa shape index (κ2) is 8.26. The van der Waals surface area contributed by atoms with E-state index in [4.69, 9.17) is 14.2 Å². The van der Waals surface area contributed by atoms with E-state index in [0.717, 1.165) is 15.7 Å². The average molecular weight is 396 g/mol. The highest BCUT2D eigenvalue weighted by Crippen LogP contribution is 2.41. The van der Waals surface area contributed by atoms with Crippen LogP contribution in [0.2, 0.25) is 0 Å². The number of hydrogen-bond acceptors (Lipinski definition) is 5. The van der Waals surface area contributed by atoms with Gasteiger partial charge < -0.3 is 24.2 Å². The van der Waals surface area contributed by atoms with Crippen molar-refractivity contribution in [2.45, 2.75) is 6.10 Å². The summed E-state index contributed by atoms with van der Waals surface area (Å²) in [7, 11) is 6.63. The largest absolute Gasteiger partial charge is 0.493 e. The number of aliphatic hydroxyl groups excluding tert-OH is 1. The third-order valence-electron chi connectivity index (χ3n) is 3.80. The Morgan fingerprint density at radius 3 is 2.12 bits per heavy atom. The van der Waals surface area contributed by atoms with Crippen LogP contribution in [0.4, 0.5) is 5.69 Å². The van der Waals surface area contributed by atoms with Crippen molar-refractivity contribution in [1.29, 1.82) is 0 Å². The van der Waals surface area contributed by atoms with Gasteiger partial charge in [-0.25, -0.2) is 0 Å². The van der Waals surface area contributed by atoms with E-state index in [2.05, 4.69) is 15.9 Å². The molecular weight excluding hydrogens is 374 g/mol. The van der Waals surface area contributed by atoms with Crippen molar-refractivity contribution < 1.29 is 19.3 Å². The molecule has 130 valence electrons. The number of nitrogens with zero attached hydrogens (tertiary/aromatic N) is 1. The summed E-state index contributed by atoms with van der Waals surface area (Å²) in [6, 6.07) is 11.4. The molecule has 0 unspecified atom stereocenters. The van der Waals surface area contributed by atoms with E-state index in [9.17, 15) is 5.11 Å². The van der Waals surface area contributed by atoms with Crippen molar-refractivity contribution in [3.8, 4) is 17.2 Å². The molecular formula is C18H22BrNO4. The van der Waals surface area contributed by atoms with Gasteiger partial charge in [0.2, 0.25) is 5.75 Å². The van der Waals surface area contributed by atoms with Gasteiger partial charge in [0.25, 0.3) is 0 Å². The predicted molar refractivity (Wildman–Crippen MR) is 98.5 cm³/mol. The van der Waals surface area contributed by atoms with Crippen LogP contribution >= 0.6 is 15.9 Å². The Bertz CT molecular complexity index is 667. The van der Waals surface area contributed by atoms with Crippen molar-refractivity contribution in [2.75, 3.05) is 39.8 Å². The number of hydrogen-bond donors (Lipinski definition) is 1. The minimum absolute atomic E-state index is 0.418. The van der Waals surface area contributed by atoms with Crippen molar-refractivity contribution in [1.82, 2.24) is 0 Å². The molecule has 0 heterocycles. The molecule has 0 bridgehead atoms. The van der Waals surface area contributed by atoms with Crippen LogP contribution in [0.15, 0.2) is 40.9 Å². The summed E-state index contributed by atoms with van der Waals surface area (Å²) in [5.41, 5.74) is 1.70. The van der Waals surface area contributed by atoms with E-state index >= 15 is 0 Å². The minimum Gasteiger partial charge on any atom is -0.493 e. The van der Waals surface area contributed by atoms with Crippen LogP contribution in [0.5, 0.6) is 17.2 Å². The number of benzene rings is 2. The number of ether oxygens (including phenoxy) is 3. The second-order valence-corrected chi connectivity index (χ2v) is 6.16. The lowest BCUT2D eigenvalue weighted by atomic mass is 10.1. The lowest BCUT2D eigenvalue weighted by Gasteiger charge is -2.25. The molecule has 2 aromatic rings. The Kier molecular flexibility index (Phi) is 6.34. The second-order valence-electron chi connectivity index (χ2n) is 5.30. The minimum atomic E-state index is -0.635. The van der Waals surface area contributed by atoms with Crippen LogP contribution in [0, 0.1) is 0 Å². The maximum Gasteiger partial charge on any atom is 0.203 e. The predicted octanol–water partition coefficient (Wildman–Crippen LogP) is 3.64. The SMILES string of the molecule is COc1cc(N(C)C[C@@H](O)c2ccccc2Br)cc(OC)c1OC. The van der Waals surface area contributed by atoms with Crippen LogP contribution in [0.1, 0.15) is 11.7 Å². The molecule has 0 aliphatic carbocycles. The summed E-state index contributed by atoms with van der Waals surface area (Å²) >= 11 is 3.47. The van der Waals surface area contributed by atoms with Crippen LogP contribution < -0.4 is 19.1 Å². The Morgan fingerprint density at radius 1 is 1.04 bits per heavy atom. The van der Waals surface area contributed by atoms with E-state index < -0.39 is 6.10 Å². The number of halogens is 1. The molecule has 0 saturated carbocycles. The molecule has 6 heteroatoms. The first-order chi connectivity index (χ1) is 11.5. The molecule has 24 heavy (non-hydrogen) atoms. The van der Waals surface area contributed by atoms with Gasteiger partial charge in [-0.1, -0.05) is 34.1 Å². The zero-order chi connectivity index (χ0) is 17.7. The first kappa shape index (κ1) is 18.4. The monoisotopic (exact) mass is 395 g/mol. The van der Waals surface area contributed by atoms with Gasteiger partial charge >= 0.3 is 0 Å². The Morgan fingerprint density at radius 2 is 1.62 bits per heavy atom. The molecule has 0 aromatic heterocycles. The summed E-state index contributed by atoms with van der Waals surface area (Å²) in [6.07, 6.45) is -0.635. The van der Waals surface area contributed by atoms with Gasteiger partial charge in [0.1, 0.15) is 0 Å². The zero-order valence-corrected chi connectivity index (χ0v) is 15.8. The Hall–Kier alpha value is -1.92. The summed E-state index contributed by atoms with van der Waals surface area (Å²) in [6.45, 7) is 0.418. The van der Waals surface area contributed by atoms with Gasteiger partial charge in [0.05, 0.1) is 27.4 Å². The molecule has 0 radical (unpaired) electrons. The van der Waals surface area contributed by atoms with Gasteiger partial charge in [-0.15, -0.1) is 0 Å². The first-order valence-corrected chi connectivity index (χ1v) is 8.24. The lowest BCUT2D eigenvalue weighted by molar-refractivity contribution is 0.184. The van der Waals surface area contributed by atoms with Crippen LogP contribution in [0.25, 0.3) is 0 Å². The highest BCUT2D eigenvalue weighted by Gasteiger charge is 2.18. The molecule has 1 atom stereocenters. The van der Waals surface area contributed by atoms with Gasteiger partial charge in [0, 0.05) is 35.9 Å². The summed E-state index contributed by atoms with van der Waals surface area (Å²) < 4.78 is 17.0. The van der Waals surface area contributed by atoms with Gasteiger partial charge in [-0.3, -0.25) is 0 Å². The van der Waals surface area contributed by atoms with Crippen molar-refractivity contribution in [3.63, 3.8) is 0 Å². The molecule has 1 N–H and O–H groups in total. The van der Waals surface area contributed by atoms with Crippen LogP contribution in [0.3, 0.4) is 0 Å². The fourth-order valence-electron chi connectivity index (χ4n) is 2.50. The maximum absolute atomic E-state index is 10.5. The topological polar surface area (TPSA) is 51.2 Å². The smallest absolute Gasteiger partial charge is 0.203 e. The molecule has 5 nitrogen and oxygen atoms in total. The van der Waals surface area contributed by atoms with Gasteiger partial charge in [-0.2, -0.15) is 0 Å². The third-order valence-corrected chi connectivity index (χ3v) is 4.52. The molecule has 0 aliphatic heterocycles. The Labute approximate surface area is 150 Å². The van der Waals surface area contributed by atoms with Crippen LogP contribution in [-0.2, 0) is 0 Å². The van der Waals surface area contributed by atoms with E-state index in [1.807, 2.05) is 48.3 Å². The molecule has 0 fully saturated rings. The number of likely N-dealkylation sites (N-methyl/N-ethyl adjacent to an activating group) is 1. The molecule has 0 aliphatic rings. The number of aliphatic hydroxyl groups is 1. The van der Waals surface area contributed by atoms with Crippen molar-refractivity contribution in [3.05, 3.63) is 46.4 Å². The van der Waals surface area contributed by atoms with E-state index in [0.29, 0.717) is 23.8 Å². The summed E-state index contributed by atoms with van der Waals surface area (Å²) in [5.74, 6) is 1.70. The molecule has 0 spiro atoms. The van der Waals surface area contributed by atoms with Crippen LogP contribution in [-0.4, -0.2) is 40.0 Å². The standard InChI is InChI=1S/C18H22BrNO4/c1-20(11-15(21)13-7-5-6-8-14(13)19)12-9-16(22-2)18(24-4)17(10-12)23-3/h5-10,15,21H,11H2,1-4H3/t15-/m1/s1. The van der Waals surface area contributed by atoms with Crippen molar-refractivity contribution >= 4 is 21.6 Å². The maximum atomic E-state index is 10.5. The number of methoxy groups -OCH3 is 3. The van der Waals surface area contributed by atoms with Gasteiger partial charge in [0.15, 0.2) is 11.5 Å². The quantitative estimate of drug-likeness (QED) is 0.775. The van der Waals surface area contributed by atoms with Crippen molar-refractivity contribution in [2.24, 2.45) is 0 Å². The average Bonchev–Trinajstić information content (AvgIpc) is 2.60.